The first-order valence-corrected chi connectivity index (χ1v) is 8.61. The molecule has 138 valence electrons. The third-order valence-electron chi connectivity index (χ3n) is 4.79. The summed E-state index contributed by atoms with van der Waals surface area (Å²) in [6.45, 7) is 4.05. The number of aromatic nitrogens is 2. The van der Waals surface area contributed by atoms with Gasteiger partial charge in [-0.3, -0.25) is 14.3 Å². The number of hydrogen-bond acceptors (Lipinski definition) is 4. The van der Waals surface area contributed by atoms with Crippen LogP contribution in [-0.4, -0.2) is 34.2 Å². The average molecular weight is 359 g/mol. The number of nitrogens with one attached hydrogen (secondary N) is 1. The summed E-state index contributed by atoms with van der Waals surface area (Å²) in [5, 5.41) is 6.97. The summed E-state index contributed by atoms with van der Waals surface area (Å²) in [7, 11) is 1.73. The fourth-order valence-electron chi connectivity index (χ4n) is 3.35. The number of benzene rings is 1. The quantitative estimate of drug-likeness (QED) is 0.657. The smallest absolute Gasteiger partial charge is 0.293 e. The van der Waals surface area contributed by atoms with E-state index in [9.17, 15) is 14.0 Å². The minimum Gasteiger partial charge on any atom is -0.376 e. The summed E-state index contributed by atoms with van der Waals surface area (Å²) in [5.74, 6) is -1.70. The van der Waals surface area contributed by atoms with Gasteiger partial charge in [-0.25, -0.2) is 4.39 Å². The molecule has 0 aliphatic carbocycles. The van der Waals surface area contributed by atoms with Gasteiger partial charge >= 0.3 is 0 Å². The number of hydrogen-bond donors (Lipinski definition) is 1. The number of carbonyl (C=O) groups is 2. The average Bonchev–Trinajstić information content (AvgIpc) is 3.22. The van der Waals surface area contributed by atoms with Crippen LogP contribution in [-0.2, 0) is 16.6 Å². The van der Waals surface area contributed by atoms with Gasteiger partial charge in [0.05, 0.1) is 23.4 Å². The number of amides is 1. The zero-order valence-corrected chi connectivity index (χ0v) is 15.1. The summed E-state index contributed by atoms with van der Waals surface area (Å²) < 4.78 is 20.5. The number of carbonyl (C=O) groups excluding carboxylic acids is 2. The highest BCUT2D eigenvalue weighted by atomic mass is 19.1. The number of ether oxygens (including phenoxy) is 1. The van der Waals surface area contributed by atoms with Crippen molar-refractivity contribution in [1.29, 1.82) is 0 Å². The Labute approximate surface area is 151 Å². The molecule has 2 aromatic rings. The maximum Gasteiger partial charge on any atom is 0.293 e. The van der Waals surface area contributed by atoms with Crippen LogP contribution in [0.2, 0.25) is 0 Å². The lowest BCUT2D eigenvalue weighted by atomic mass is 9.98. The number of nitrogens with zero attached hydrogens (tertiary/aromatic N) is 2. The molecule has 0 bridgehead atoms. The van der Waals surface area contributed by atoms with E-state index < -0.39 is 17.7 Å². The molecule has 0 radical (unpaired) electrons. The Morgan fingerprint density at radius 3 is 2.54 bits per heavy atom. The second-order valence-electron chi connectivity index (χ2n) is 6.55. The van der Waals surface area contributed by atoms with Crippen LogP contribution in [0.25, 0.3) is 0 Å². The van der Waals surface area contributed by atoms with Crippen LogP contribution in [0.15, 0.2) is 24.3 Å². The van der Waals surface area contributed by atoms with Gasteiger partial charge in [0.15, 0.2) is 0 Å². The Bertz CT molecular complexity index is 823. The summed E-state index contributed by atoms with van der Waals surface area (Å²) in [6.07, 6.45) is 1.40. The standard InChI is InChI=1S/C19H22FN3O3/c1-11-16(12(2)23(3)22-11)18(24)19(25)21-17(15-5-4-10-26-15)13-6-8-14(20)9-7-13/h6-9,15,17H,4-5,10H2,1-3H3,(H,21,25)/t15-,17+/m1/s1. The zero-order chi connectivity index (χ0) is 18.8. The Morgan fingerprint density at radius 1 is 1.31 bits per heavy atom. The molecule has 1 aliphatic rings. The van der Waals surface area contributed by atoms with Gasteiger partial charge in [-0.05, 0) is 44.4 Å². The van der Waals surface area contributed by atoms with E-state index in [1.165, 1.54) is 12.1 Å². The predicted molar refractivity (Wildman–Crippen MR) is 93.3 cm³/mol. The molecule has 0 unspecified atom stereocenters. The highest BCUT2D eigenvalue weighted by molar-refractivity contribution is 6.43. The second kappa shape index (κ2) is 7.37. The van der Waals surface area contributed by atoms with Gasteiger partial charge in [-0.15, -0.1) is 0 Å². The van der Waals surface area contributed by atoms with Gasteiger partial charge in [0.2, 0.25) is 0 Å². The van der Waals surface area contributed by atoms with E-state index in [-0.39, 0.29) is 11.9 Å². The first kappa shape index (κ1) is 18.3. The first-order valence-electron chi connectivity index (χ1n) is 8.61. The first-order chi connectivity index (χ1) is 12.4. The molecular weight excluding hydrogens is 337 g/mol. The molecule has 3 rings (SSSR count). The fourth-order valence-corrected chi connectivity index (χ4v) is 3.35. The van der Waals surface area contributed by atoms with Crippen LogP contribution in [0.1, 0.15) is 46.2 Å². The Kier molecular flexibility index (Phi) is 5.18. The maximum atomic E-state index is 13.2. The molecule has 0 spiro atoms. The molecule has 26 heavy (non-hydrogen) atoms. The van der Waals surface area contributed by atoms with E-state index in [4.69, 9.17) is 4.74 Å². The molecule has 2 atom stereocenters. The Hall–Kier alpha value is -2.54. The van der Waals surface area contributed by atoms with Crippen molar-refractivity contribution < 1.29 is 18.7 Å². The lowest BCUT2D eigenvalue weighted by Crippen LogP contribution is -2.40. The van der Waals surface area contributed by atoms with Crippen LogP contribution in [0, 0.1) is 19.7 Å². The number of Topliss-reactive ketones (excluding diaryl/α,β-unsaturated/α-hetero) is 1. The monoisotopic (exact) mass is 359 g/mol. The van der Waals surface area contributed by atoms with Crippen LogP contribution in [0.4, 0.5) is 4.39 Å². The van der Waals surface area contributed by atoms with Gasteiger partial charge < -0.3 is 10.1 Å². The molecule has 1 aromatic heterocycles. The van der Waals surface area contributed by atoms with Crippen molar-refractivity contribution in [2.24, 2.45) is 7.05 Å². The van der Waals surface area contributed by atoms with Gasteiger partial charge in [-0.1, -0.05) is 12.1 Å². The highest BCUT2D eigenvalue weighted by Crippen LogP contribution is 2.27. The Balaban J connectivity index is 1.85. The summed E-state index contributed by atoms with van der Waals surface area (Å²) in [6, 6.07) is 5.37. The summed E-state index contributed by atoms with van der Waals surface area (Å²) >= 11 is 0. The van der Waals surface area contributed by atoms with Gasteiger partial charge in [0, 0.05) is 19.3 Å². The fraction of sp³-hybridized carbons (Fsp3) is 0.421. The number of aryl methyl sites for hydroxylation is 2. The third kappa shape index (κ3) is 3.53. The van der Waals surface area contributed by atoms with Crippen molar-refractivity contribution in [2.75, 3.05) is 6.61 Å². The minimum absolute atomic E-state index is 0.242. The van der Waals surface area contributed by atoms with Gasteiger partial charge in [-0.2, -0.15) is 5.10 Å². The van der Waals surface area contributed by atoms with Crippen LogP contribution in [0.5, 0.6) is 0 Å². The summed E-state index contributed by atoms with van der Waals surface area (Å²) in [4.78, 5) is 25.3. The lowest BCUT2D eigenvalue weighted by molar-refractivity contribution is -0.118. The molecule has 6 nitrogen and oxygen atoms in total. The maximum absolute atomic E-state index is 13.2. The van der Waals surface area contributed by atoms with Crippen molar-refractivity contribution in [3.05, 3.63) is 52.6 Å². The van der Waals surface area contributed by atoms with Crippen LogP contribution in [0.3, 0.4) is 0 Å². The van der Waals surface area contributed by atoms with Crippen LogP contribution >= 0.6 is 0 Å². The molecule has 1 amide bonds. The minimum atomic E-state index is -0.714. The van der Waals surface area contributed by atoms with Crippen molar-refractivity contribution in [2.45, 2.75) is 38.8 Å². The molecule has 1 aliphatic heterocycles. The molecule has 0 saturated carbocycles. The number of rotatable bonds is 5. The van der Waals surface area contributed by atoms with Crippen molar-refractivity contribution in [1.82, 2.24) is 15.1 Å². The molecule has 7 heteroatoms. The van der Waals surface area contributed by atoms with E-state index in [2.05, 4.69) is 10.4 Å². The van der Waals surface area contributed by atoms with E-state index in [0.717, 1.165) is 12.8 Å². The normalized spacial score (nSPS) is 17.9. The number of halogens is 1. The zero-order valence-electron chi connectivity index (χ0n) is 15.1. The van der Waals surface area contributed by atoms with E-state index in [1.54, 1.807) is 37.7 Å². The predicted octanol–water partition coefficient (Wildman–Crippen LogP) is 2.40. The van der Waals surface area contributed by atoms with E-state index in [1.807, 2.05) is 0 Å². The second-order valence-corrected chi connectivity index (χ2v) is 6.55. The lowest BCUT2D eigenvalue weighted by Gasteiger charge is -2.24. The summed E-state index contributed by atoms with van der Waals surface area (Å²) in [5.41, 5.74) is 2.17. The van der Waals surface area contributed by atoms with Gasteiger partial charge in [0.25, 0.3) is 11.7 Å². The van der Waals surface area contributed by atoms with Gasteiger partial charge in [0.1, 0.15) is 5.82 Å². The molecular formula is C19H22FN3O3. The van der Waals surface area contributed by atoms with E-state index >= 15 is 0 Å². The highest BCUT2D eigenvalue weighted by Gasteiger charge is 2.32. The number of ketones is 1. The topological polar surface area (TPSA) is 73.2 Å². The molecule has 1 saturated heterocycles. The van der Waals surface area contributed by atoms with Crippen molar-refractivity contribution >= 4 is 11.7 Å². The Morgan fingerprint density at radius 2 is 2.00 bits per heavy atom. The van der Waals surface area contributed by atoms with Crippen LogP contribution < -0.4 is 5.32 Å². The molecule has 2 heterocycles. The molecule has 1 aromatic carbocycles. The third-order valence-corrected chi connectivity index (χ3v) is 4.79. The largest absolute Gasteiger partial charge is 0.376 e. The molecule has 1 fully saturated rings. The molecule has 1 N–H and O–H groups in total. The van der Waals surface area contributed by atoms with Crippen molar-refractivity contribution in [3.8, 4) is 0 Å². The van der Waals surface area contributed by atoms with E-state index in [0.29, 0.717) is 29.1 Å². The van der Waals surface area contributed by atoms with Crippen molar-refractivity contribution in [3.63, 3.8) is 0 Å². The SMILES string of the molecule is Cc1nn(C)c(C)c1C(=O)C(=O)N[C@@H](c1ccc(F)cc1)[C@H]1CCCO1.